The van der Waals surface area contributed by atoms with Crippen LogP contribution in [-0.4, -0.2) is 42.9 Å². The predicted molar refractivity (Wildman–Crippen MR) is 127 cm³/mol. The second-order valence-electron chi connectivity index (χ2n) is 9.80. The lowest BCUT2D eigenvalue weighted by molar-refractivity contribution is -0.143. The minimum absolute atomic E-state index is 0.00220. The Morgan fingerprint density at radius 2 is 1.76 bits per heavy atom. The highest BCUT2D eigenvalue weighted by Gasteiger charge is 2.44. The molecule has 6 nitrogen and oxygen atoms in total. The third-order valence-electron chi connectivity index (χ3n) is 6.34. The number of methoxy groups -OCH3 is 1. The summed E-state index contributed by atoms with van der Waals surface area (Å²) >= 11 is 0. The van der Waals surface area contributed by atoms with Gasteiger partial charge in [-0.3, -0.25) is 9.59 Å². The molecule has 6 heteroatoms. The maximum atomic E-state index is 13.3. The Bertz CT molecular complexity index is 1090. The van der Waals surface area contributed by atoms with Crippen molar-refractivity contribution in [2.75, 3.05) is 21.2 Å². The Morgan fingerprint density at radius 3 is 2.42 bits per heavy atom. The molecule has 1 aliphatic heterocycles. The molecule has 0 spiro atoms. The van der Waals surface area contributed by atoms with Crippen molar-refractivity contribution in [3.63, 3.8) is 0 Å². The molecule has 4 rings (SSSR count). The van der Waals surface area contributed by atoms with Crippen LogP contribution in [0.4, 0.5) is 0 Å². The molecular weight excluding hydrogens is 416 g/mol. The van der Waals surface area contributed by atoms with Gasteiger partial charge in [-0.1, -0.05) is 50.2 Å². The molecule has 1 aliphatic carbocycles. The van der Waals surface area contributed by atoms with Crippen LogP contribution >= 0.6 is 0 Å². The molecule has 0 radical (unpaired) electrons. The molecule has 0 fully saturated rings. The van der Waals surface area contributed by atoms with E-state index in [1.54, 1.807) is 17.1 Å². The van der Waals surface area contributed by atoms with Crippen molar-refractivity contribution < 1.29 is 19.1 Å². The molecule has 174 valence electrons. The van der Waals surface area contributed by atoms with Gasteiger partial charge in [0, 0.05) is 44.1 Å². The first-order valence-electron chi connectivity index (χ1n) is 11.3. The molecule has 0 saturated heterocycles. The van der Waals surface area contributed by atoms with Crippen LogP contribution in [0.3, 0.4) is 0 Å². The molecule has 2 aromatic carbocycles. The molecule has 1 amide bonds. The highest BCUT2D eigenvalue weighted by Crippen LogP contribution is 2.48. The van der Waals surface area contributed by atoms with Crippen LogP contribution in [0.15, 0.2) is 59.8 Å². The number of nitrogens with zero attached hydrogens (tertiary/aromatic N) is 2. The number of amides is 1. The van der Waals surface area contributed by atoms with Gasteiger partial charge < -0.3 is 9.47 Å². The maximum absolute atomic E-state index is 13.3. The SMILES string of the molecule is COc1cc([C@@H]2CC(=O)N(N(C)C)C3=C2C(=O)CC(C)(C)C3)ccc1OCc1ccccc1. The molecule has 2 aromatic rings. The third kappa shape index (κ3) is 4.67. The van der Waals surface area contributed by atoms with Gasteiger partial charge in [0.15, 0.2) is 17.3 Å². The third-order valence-corrected chi connectivity index (χ3v) is 6.34. The van der Waals surface area contributed by atoms with Crippen LogP contribution in [-0.2, 0) is 16.2 Å². The Hall–Kier alpha value is -3.12. The lowest BCUT2D eigenvalue weighted by Gasteiger charge is -2.44. The average Bonchev–Trinajstić information content (AvgIpc) is 2.76. The van der Waals surface area contributed by atoms with Gasteiger partial charge in [0.05, 0.1) is 7.11 Å². The second-order valence-corrected chi connectivity index (χ2v) is 9.80. The van der Waals surface area contributed by atoms with E-state index in [4.69, 9.17) is 9.47 Å². The summed E-state index contributed by atoms with van der Waals surface area (Å²) in [7, 11) is 5.29. The minimum atomic E-state index is -0.288. The predicted octanol–water partition coefficient (Wildman–Crippen LogP) is 4.71. The van der Waals surface area contributed by atoms with E-state index in [1.807, 2.05) is 62.6 Å². The number of carbonyl (C=O) groups excluding carboxylic acids is 2. The quantitative estimate of drug-likeness (QED) is 0.641. The van der Waals surface area contributed by atoms with Crippen molar-refractivity contribution in [2.45, 2.75) is 45.6 Å². The van der Waals surface area contributed by atoms with Gasteiger partial charge in [-0.2, -0.15) is 0 Å². The summed E-state index contributed by atoms with van der Waals surface area (Å²) in [5.41, 5.74) is 3.36. The molecule has 0 aromatic heterocycles. The number of benzene rings is 2. The van der Waals surface area contributed by atoms with Gasteiger partial charge in [0.25, 0.3) is 0 Å². The number of hydrogen-bond donors (Lipinski definition) is 0. The number of rotatable bonds is 6. The summed E-state index contributed by atoms with van der Waals surface area (Å²) < 4.78 is 11.6. The van der Waals surface area contributed by atoms with E-state index in [0.717, 1.165) is 22.4 Å². The van der Waals surface area contributed by atoms with Crippen molar-refractivity contribution in [3.8, 4) is 11.5 Å². The largest absolute Gasteiger partial charge is 0.493 e. The Kier molecular flexibility index (Phi) is 6.30. The standard InChI is InChI=1S/C27H32N2O4/c1-27(2)15-21-26(22(30)16-27)20(14-25(31)29(21)28(3)4)19-11-12-23(24(13-19)32-5)33-17-18-9-7-6-8-10-18/h6-13,20H,14-17H2,1-5H3/t20-/m0/s1. The van der Waals surface area contributed by atoms with E-state index in [9.17, 15) is 9.59 Å². The van der Waals surface area contributed by atoms with E-state index in [-0.39, 0.29) is 29.4 Å². The topological polar surface area (TPSA) is 59.1 Å². The molecule has 0 bridgehead atoms. The fraction of sp³-hybridized carbons (Fsp3) is 0.407. The van der Waals surface area contributed by atoms with E-state index in [0.29, 0.717) is 30.9 Å². The molecule has 1 heterocycles. The number of hydrogen-bond acceptors (Lipinski definition) is 5. The molecule has 0 saturated carbocycles. The van der Waals surface area contributed by atoms with Gasteiger partial charge in [-0.25, -0.2) is 10.0 Å². The van der Waals surface area contributed by atoms with Crippen molar-refractivity contribution in [2.24, 2.45) is 5.41 Å². The Labute approximate surface area is 195 Å². The lowest BCUT2D eigenvalue weighted by atomic mass is 9.69. The molecule has 2 aliphatic rings. The Morgan fingerprint density at radius 1 is 1.03 bits per heavy atom. The molecule has 1 atom stereocenters. The summed E-state index contributed by atoms with van der Waals surface area (Å²) in [4.78, 5) is 26.5. The zero-order valence-electron chi connectivity index (χ0n) is 20.1. The summed E-state index contributed by atoms with van der Waals surface area (Å²) in [6.07, 6.45) is 1.41. The van der Waals surface area contributed by atoms with Crippen LogP contribution in [0.1, 0.15) is 50.2 Å². The first-order chi connectivity index (χ1) is 15.7. The minimum Gasteiger partial charge on any atom is -0.493 e. The summed E-state index contributed by atoms with van der Waals surface area (Å²) in [5, 5.41) is 3.46. The number of Topliss-reactive ketones (excluding diaryl/α,β-unsaturated/α-hetero) is 1. The van der Waals surface area contributed by atoms with Crippen molar-refractivity contribution in [3.05, 3.63) is 70.9 Å². The van der Waals surface area contributed by atoms with E-state index in [2.05, 4.69) is 13.8 Å². The Balaban J connectivity index is 1.69. The van der Waals surface area contributed by atoms with Crippen LogP contribution < -0.4 is 9.47 Å². The van der Waals surface area contributed by atoms with Crippen molar-refractivity contribution in [1.29, 1.82) is 0 Å². The average molecular weight is 449 g/mol. The van der Waals surface area contributed by atoms with Crippen LogP contribution in [0.2, 0.25) is 0 Å². The number of ether oxygens (including phenoxy) is 2. The lowest BCUT2D eigenvalue weighted by Crippen LogP contribution is -2.49. The van der Waals surface area contributed by atoms with Gasteiger partial charge in [-0.15, -0.1) is 0 Å². The van der Waals surface area contributed by atoms with Gasteiger partial charge >= 0.3 is 0 Å². The number of carbonyl (C=O) groups is 2. The van der Waals surface area contributed by atoms with E-state index < -0.39 is 0 Å². The normalized spacial score (nSPS) is 20.2. The highest BCUT2D eigenvalue weighted by molar-refractivity contribution is 6.02. The monoisotopic (exact) mass is 448 g/mol. The number of ketones is 1. The zero-order valence-corrected chi connectivity index (χ0v) is 20.1. The fourth-order valence-electron chi connectivity index (χ4n) is 4.90. The van der Waals surface area contributed by atoms with Gasteiger partial charge in [0.2, 0.25) is 5.91 Å². The molecule has 33 heavy (non-hydrogen) atoms. The number of hydrazine groups is 1. The molecule has 0 N–H and O–H groups in total. The van der Waals surface area contributed by atoms with Crippen LogP contribution in [0.5, 0.6) is 11.5 Å². The first kappa shape index (κ1) is 23.1. The number of allylic oxidation sites excluding steroid dienone is 2. The zero-order chi connectivity index (χ0) is 23.8. The van der Waals surface area contributed by atoms with Crippen molar-refractivity contribution >= 4 is 11.7 Å². The first-order valence-corrected chi connectivity index (χ1v) is 11.3. The maximum Gasteiger partial charge on any atom is 0.242 e. The van der Waals surface area contributed by atoms with Crippen LogP contribution in [0, 0.1) is 5.41 Å². The van der Waals surface area contributed by atoms with Crippen LogP contribution in [0.25, 0.3) is 0 Å². The van der Waals surface area contributed by atoms with E-state index in [1.165, 1.54) is 0 Å². The van der Waals surface area contributed by atoms with Gasteiger partial charge in [0.1, 0.15) is 6.61 Å². The van der Waals surface area contributed by atoms with Gasteiger partial charge in [-0.05, 0) is 35.1 Å². The fourth-order valence-corrected chi connectivity index (χ4v) is 4.90. The molecular formula is C27H32N2O4. The van der Waals surface area contributed by atoms with Crippen molar-refractivity contribution in [1.82, 2.24) is 10.0 Å². The molecule has 0 unspecified atom stereocenters. The van der Waals surface area contributed by atoms with E-state index >= 15 is 0 Å². The summed E-state index contributed by atoms with van der Waals surface area (Å²) in [5.74, 6) is 1.06. The summed E-state index contributed by atoms with van der Waals surface area (Å²) in [6.45, 7) is 4.59. The second kappa shape index (κ2) is 9.02. The summed E-state index contributed by atoms with van der Waals surface area (Å²) in [6, 6.07) is 15.7. The highest BCUT2D eigenvalue weighted by atomic mass is 16.5. The smallest absolute Gasteiger partial charge is 0.242 e.